The normalized spacial score (nSPS) is 26.5. The quantitative estimate of drug-likeness (QED) is 0.612. The summed E-state index contributed by atoms with van der Waals surface area (Å²) in [6.07, 6.45) is 0. The number of ether oxygens (including phenoxy) is 2. The van der Waals surface area contributed by atoms with Crippen LogP contribution in [-0.2, 0) is 19.1 Å². The molecule has 3 N–H and O–H groups in total. The number of carbonyl (C=O) groups excluding carboxylic acids is 2. The largest absolute Gasteiger partial charge is 0.377 e. The second kappa shape index (κ2) is 5.21. The molecule has 0 aromatic carbocycles. The molecule has 0 radical (unpaired) electrons. The Bertz CT molecular complexity index is 343. The molecule has 1 atom stereocenters. The molecule has 0 aromatic rings. The molecular weight excluding hydrogens is 238 g/mol. The zero-order chi connectivity index (χ0) is 13.2. The predicted octanol–water partition coefficient (Wildman–Crippen LogP) is -1.92. The highest BCUT2D eigenvalue weighted by Crippen LogP contribution is 2.16. The maximum absolute atomic E-state index is 12.0. The van der Waals surface area contributed by atoms with Crippen LogP contribution in [-0.4, -0.2) is 67.8 Å². The van der Waals surface area contributed by atoms with Crippen LogP contribution in [0, 0.1) is 0 Å². The maximum atomic E-state index is 12.0. The molecule has 18 heavy (non-hydrogen) atoms. The number of hydrogen-bond acceptors (Lipinski definition) is 5. The average Bonchev–Trinajstić information content (AvgIpc) is 2.33. The summed E-state index contributed by atoms with van der Waals surface area (Å²) in [6, 6.07) is -0.679. The lowest BCUT2D eigenvalue weighted by atomic mass is 10.0. The van der Waals surface area contributed by atoms with Crippen molar-refractivity contribution < 1.29 is 19.1 Å². The molecule has 2 heterocycles. The van der Waals surface area contributed by atoms with Crippen molar-refractivity contribution in [3.63, 3.8) is 0 Å². The van der Waals surface area contributed by atoms with E-state index in [1.54, 1.807) is 0 Å². The molecule has 0 bridgehead atoms. The molecule has 102 valence electrons. The summed E-state index contributed by atoms with van der Waals surface area (Å²) < 4.78 is 10.7. The van der Waals surface area contributed by atoms with Gasteiger partial charge < -0.3 is 25.4 Å². The summed E-state index contributed by atoms with van der Waals surface area (Å²) >= 11 is 0. The third-order valence-corrected chi connectivity index (χ3v) is 3.32. The van der Waals surface area contributed by atoms with Gasteiger partial charge in [0, 0.05) is 19.6 Å². The minimum Gasteiger partial charge on any atom is -0.377 e. The molecule has 0 aliphatic carbocycles. The van der Waals surface area contributed by atoms with Gasteiger partial charge in [0.1, 0.15) is 12.6 Å². The highest BCUT2D eigenvalue weighted by Gasteiger charge is 2.36. The first-order valence-corrected chi connectivity index (χ1v) is 6.03. The van der Waals surface area contributed by atoms with Crippen molar-refractivity contribution in [3.05, 3.63) is 0 Å². The van der Waals surface area contributed by atoms with Crippen molar-refractivity contribution in [2.24, 2.45) is 5.73 Å². The van der Waals surface area contributed by atoms with E-state index in [0.717, 1.165) is 13.1 Å². The monoisotopic (exact) mass is 257 g/mol. The Balaban J connectivity index is 1.87. The highest BCUT2D eigenvalue weighted by atomic mass is 16.5. The topological polar surface area (TPSA) is 93.9 Å². The third-order valence-electron chi connectivity index (χ3n) is 3.32. The van der Waals surface area contributed by atoms with Crippen LogP contribution in [0.5, 0.6) is 0 Å². The standard InChI is InChI=1S/C11H19N3O4/c1-11(6-13-7-11)18-5-9(15)14-2-3-17-4-8(14)10(12)16/h8,13H,2-7H2,1H3,(H2,12,16). The fourth-order valence-corrected chi connectivity index (χ4v) is 2.04. The molecule has 2 amide bonds. The van der Waals surface area contributed by atoms with E-state index in [-0.39, 0.29) is 24.7 Å². The number of nitrogens with one attached hydrogen (secondary N) is 1. The third kappa shape index (κ3) is 2.80. The van der Waals surface area contributed by atoms with Crippen molar-refractivity contribution in [1.29, 1.82) is 0 Å². The summed E-state index contributed by atoms with van der Waals surface area (Å²) in [7, 11) is 0. The summed E-state index contributed by atoms with van der Waals surface area (Å²) in [4.78, 5) is 24.7. The Morgan fingerprint density at radius 1 is 1.56 bits per heavy atom. The van der Waals surface area contributed by atoms with Gasteiger partial charge in [0.2, 0.25) is 11.8 Å². The lowest BCUT2D eigenvalue weighted by molar-refractivity contribution is -0.157. The first kappa shape index (κ1) is 13.3. The number of primary amides is 1. The van der Waals surface area contributed by atoms with Gasteiger partial charge >= 0.3 is 0 Å². The number of morpholine rings is 1. The summed E-state index contributed by atoms with van der Waals surface area (Å²) in [5, 5.41) is 3.09. The molecule has 0 saturated carbocycles. The van der Waals surface area contributed by atoms with Crippen LogP contribution in [0.1, 0.15) is 6.92 Å². The number of nitrogens with zero attached hydrogens (tertiary/aromatic N) is 1. The van der Waals surface area contributed by atoms with Gasteiger partial charge in [-0.05, 0) is 6.92 Å². The second-order valence-electron chi connectivity index (χ2n) is 4.92. The lowest BCUT2D eigenvalue weighted by Gasteiger charge is -2.40. The molecule has 2 aliphatic rings. The number of amides is 2. The van der Waals surface area contributed by atoms with Crippen molar-refractivity contribution >= 4 is 11.8 Å². The van der Waals surface area contributed by atoms with Crippen molar-refractivity contribution in [2.45, 2.75) is 18.6 Å². The van der Waals surface area contributed by atoms with Gasteiger partial charge in [-0.1, -0.05) is 0 Å². The molecule has 7 nitrogen and oxygen atoms in total. The van der Waals surface area contributed by atoms with E-state index in [4.69, 9.17) is 15.2 Å². The fraction of sp³-hybridized carbons (Fsp3) is 0.818. The fourth-order valence-electron chi connectivity index (χ4n) is 2.04. The van der Waals surface area contributed by atoms with Gasteiger partial charge in [-0.15, -0.1) is 0 Å². The maximum Gasteiger partial charge on any atom is 0.249 e. The van der Waals surface area contributed by atoms with Crippen molar-refractivity contribution in [1.82, 2.24) is 10.2 Å². The summed E-state index contributed by atoms with van der Waals surface area (Å²) in [5.74, 6) is -0.755. The Labute approximate surface area is 106 Å². The zero-order valence-corrected chi connectivity index (χ0v) is 10.5. The van der Waals surface area contributed by atoms with Gasteiger partial charge in [0.25, 0.3) is 0 Å². The van der Waals surface area contributed by atoms with Crippen LogP contribution < -0.4 is 11.1 Å². The summed E-state index contributed by atoms with van der Waals surface area (Å²) in [5.41, 5.74) is 4.98. The SMILES string of the molecule is CC1(OCC(=O)N2CCOCC2C(N)=O)CNC1. The average molecular weight is 257 g/mol. The molecule has 2 fully saturated rings. The first-order chi connectivity index (χ1) is 8.52. The Morgan fingerprint density at radius 2 is 2.28 bits per heavy atom. The molecule has 2 saturated heterocycles. The number of hydrogen-bond donors (Lipinski definition) is 2. The minimum atomic E-state index is -0.679. The Hall–Kier alpha value is -1.18. The second-order valence-corrected chi connectivity index (χ2v) is 4.92. The first-order valence-electron chi connectivity index (χ1n) is 6.03. The molecular formula is C11H19N3O4. The molecule has 2 aliphatic heterocycles. The summed E-state index contributed by atoms with van der Waals surface area (Å²) in [6.45, 7) is 4.37. The Morgan fingerprint density at radius 3 is 2.83 bits per heavy atom. The number of rotatable bonds is 4. The molecule has 7 heteroatoms. The molecule has 2 rings (SSSR count). The molecule has 0 aromatic heterocycles. The van der Waals surface area contributed by atoms with E-state index in [1.165, 1.54) is 4.90 Å². The Kier molecular flexibility index (Phi) is 3.84. The van der Waals surface area contributed by atoms with Gasteiger partial charge in [0.15, 0.2) is 0 Å². The van der Waals surface area contributed by atoms with Gasteiger partial charge in [-0.2, -0.15) is 0 Å². The van der Waals surface area contributed by atoms with Crippen molar-refractivity contribution in [2.75, 3.05) is 39.5 Å². The van der Waals surface area contributed by atoms with E-state index in [1.807, 2.05) is 6.92 Å². The van der Waals surface area contributed by atoms with Gasteiger partial charge in [-0.3, -0.25) is 9.59 Å². The van der Waals surface area contributed by atoms with E-state index < -0.39 is 11.9 Å². The van der Waals surface area contributed by atoms with Gasteiger partial charge in [0.05, 0.1) is 18.8 Å². The highest BCUT2D eigenvalue weighted by molar-refractivity contribution is 5.87. The lowest BCUT2D eigenvalue weighted by Crippen LogP contribution is -2.61. The van der Waals surface area contributed by atoms with Crippen LogP contribution in [0.3, 0.4) is 0 Å². The zero-order valence-electron chi connectivity index (χ0n) is 10.5. The van der Waals surface area contributed by atoms with E-state index >= 15 is 0 Å². The van der Waals surface area contributed by atoms with Crippen LogP contribution in [0.2, 0.25) is 0 Å². The van der Waals surface area contributed by atoms with Crippen LogP contribution >= 0.6 is 0 Å². The minimum absolute atomic E-state index is 0.0258. The van der Waals surface area contributed by atoms with Crippen LogP contribution in [0.25, 0.3) is 0 Å². The van der Waals surface area contributed by atoms with E-state index in [0.29, 0.717) is 13.2 Å². The van der Waals surface area contributed by atoms with E-state index in [9.17, 15) is 9.59 Å². The number of carbonyl (C=O) groups is 2. The van der Waals surface area contributed by atoms with Crippen molar-refractivity contribution in [3.8, 4) is 0 Å². The number of nitrogens with two attached hydrogens (primary N) is 1. The molecule has 0 spiro atoms. The smallest absolute Gasteiger partial charge is 0.249 e. The molecule has 1 unspecified atom stereocenters. The van der Waals surface area contributed by atoms with Crippen LogP contribution in [0.15, 0.2) is 0 Å². The van der Waals surface area contributed by atoms with E-state index in [2.05, 4.69) is 5.32 Å². The van der Waals surface area contributed by atoms with Gasteiger partial charge in [-0.25, -0.2) is 0 Å². The van der Waals surface area contributed by atoms with Crippen LogP contribution in [0.4, 0.5) is 0 Å². The predicted molar refractivity (Wildman–Crippen MR) is 62.7 cm³/mol.